The van der Waals surface area contributed by atoms with E-state index < -0.39 is 0 Å². The lowest BCUT2D eigenvalue weighted by Crippen LogP contribution is -2.50. The lowest BCUT2D eigenvalue weighted by molar-refractivity contribution is -0.170. The van der Waals surface area contributed by atoms with Gasteiger partial charge < -0.3 is 10.1 Å². The van der Waals surface area contributed by atoms with E-state index >= 15 is 0 Å². The van der Waals surface area contributed by atoms with Crippen LogP contribution in [0.5, 0.6) is 0 Å². The van der Waals surface area contributed by atoms with Gasteiger partial charge in [-0.2, -0.15) is 0 Å². The molecule has 4 aliphatic carbocycles. The van der Waals surface area contributed by atoms with Crippen LogP contribution < -0.4 is 5.32 Å². The standard InChI is InChI=1S/C22H25NO4/c1-12-17-7-16(2-3-18(17)23-20(12)25)19(24)11-27-21(26)22-8-13-4-14(9-22)6-15(5-13)10-22/h2-3,7,12-15H,4-6,8-11H2,1H3,(H,23,25)/t12-,13?,14?,15?,22?/m1/s1. The number of fused-ring (bicyclic) bond motifs is 1. The summed E-state index contributed by atoms with van der Waals surface area (Å²) in [6.07, 6.45) is 6.63. The first-order chi connectivity index (χ1) is 12.9. The molecule has 1 N–H and O–H groups in total. The Balaban J connectivity index is 1.26. The number of anilines is 1. The molecule has 1 amide bonds. The fraction of sp³-hybridized carbons (Fsp3) is 0.591. The zero-order chi connectivity index (χ0) is 18.8. The van der Waals surface area contributed by atoms with Crippen LogP contribution in [0.25, 0.3) is 0 Å². The fourth-order valence-electron chi connectivity index (χ4n) is 6.32. The number of esters is 1. The fourth-order valence-corrected chi connectivity index (χ4v) is 6.32. The van der Waals surface area contributed by atoms with Gasteiger partial charge in [-0.3, -0.25) is 14.4 Å². The average molecular weight is 367 g/mol. The van der Waals surface area contributed by atoms with Gasteiger partial charge in [0.05, 0.1) is 11.3 Å². The topological polar surface area (TPSA) is 72.5 Å². The number of benzene rings is 1. The molecule has 4 bridgehead atoms. The molecule has 0 saturated heterocycles. The van der Waals surface area contributed by atoms with Crippen molar-refractivity contribution in [3.8, 4) is 0 Å². The molecule has 5 nitrogen and oxygen atoms in total. The highest BCUT2D eigenvalue weighted by Crippen LogP contribution is 2.60. The third kappa shape index (κ3) is 2.70. The number of hydrogen-bond acceptors (Lipinski definition) is 4. The summed E-state index contributed by atoms with van der Waals surface area (Å²) in [4.78, 5) is 37.2. The van der Waals surface area contributed by atoms with Crippen LogP contribution in [0.1, 0.15) is 67.3 Å². The molecule has 0 aromatic heterocycles. The van der Waals surface area contributed by atoms with Crippen molar-refractivity contribution in [1.29, 1.82) is 0 Å². The van der Waals surface area contributed by atoms with Crippen molar-refractivity contribution in [3.05, 3.63) is 29.3 Å². The van der Waals surface area contributed by atoms with Crippen molar-refractivity contribution in [2.24, 2.45) is 23.2 Å². The van der Waals surface area contributed by atoms with Gasteiger partial charge in [0.15, 0.2) is 12.4 Å². The monoisotopic (exact) mass is 367 g/mol. The van der Waals surface area contributed by atoms with E-state index in [1.165, 1.54) is 19.3 Å². The van der Waals surface area contributed by atoms with Gasteiger partial charge in [-0.1, -0.05) is 0 Å². The predicted octanol–water partition coefficient (Wildman–Crippen LogP) is 3.68. The Hall–Kier alpha value is -2.17. The van der Waals surface area contributed by atoms with Crippen LogP contribution in [0.4, 0.5) is 5.69 Å². The van der Waals surface area contributed by atoms with E-state index in [1.54, 1.807) is 18.2 Å². The van der Waals surface area contributed by atoms with E-state index in [2.05, 4.69) is 5.32 Å². The van der Waals surface area contributed by atoms with E-state index in [1.807, 2.05) is 6.92 Å². The summed E-state index contributed by atoms with van der Waals surface area (Å²) in [6, 6.07) is 5.20. The van der Waals surface area contributed by atoms with E-state index in [0.29, 0.717) is 23.3 Å². The molecule has 1 heterocycles. The molecule has 1 aliphatic heterocycles. The molecule has 1 aromatic carbocycles. The first-order valence-electron chi connectivity index (χ1n) is 10.1. The predicted molar refractivity (Wildman–Crippen MR) is 99.4 cm³/mol. The highest BCUT2D eigenvalue weighted by Gasteiger charge is 2.55. The number of amides is 1. The zero-order valence-electron chi connectivity index (χ0n) is 15.6. The third-order valence-electron chi connectivity index (χ3n) is 7.30. The zero-order valence-corrected chi connectivity index (χ0v) is 15.6. The molecular weight excluding hydrogens is 342 g/mol. The van der Waals surface area contributed by atoms with Gasteiger partial charge in [0.1, 0.15) is 0 Å². The highest BCUT2D eigenvalue weighted by molar-refractivity contribution is 6.05. The Kier molecular flexibility index (Phi) is 3.72. The Bertz CT molecular complexity index is 807. The normalized spacial score (nSPS) is 35.7. The van der Waals surface area contributed by atoms with Gasteiger partial charge in [0.2, 0.25) is 5.91 Å². The minimum absolute atomic E-state index is 0.0529. The van der Waals surface area contributed by atoms with E-state index in [4.69, 9.17) is 4.74 Å². The first-order valence-corrected chi connectivity index (χ1v) is 10.1. The van der Waals surface area contributed by atoms with Crippen LogP contribution in [-0.4, -0.2) is 24.3 Å². The summed E-state index contributed by atoms with van der Waals surface area (Å²) >= 11 is 0. The molecule has 5 heteroatoms. The number of carbonyl (C=O) groups excluding carboxylic acids is 3. The van der Waals surface area contributed by atoms with Crippen molar-refractivity contribution >= 4 is 23.3 Å². The smallest absolute Gasteiger partial charge is 0.312 e. The number of hydrogen-bond donors (Lipinski definition) is 1. The first kappa shape index (κ1) is 17.0. The van der Waals surface area contributed by atoms with Crippen LogP contribution >= 0.6 is 0 Å². The minimum Gasteiger partial charge on any atom is -0.457 e. The summed E-state index contributed by atoms with van der Waals surface area (Å²) in [5.41, 5.74) is 1.75. The maximum atomic E-state index is 12.9. The average Bonchev–Trinajstić information content (AvgIpc) is 2.92. The SMILES string of the molecule is C[C@H]1C(=O)Nc2ccc(C(=O)COC(=O)C34CC5CC(CC(C5)C3)C4)cc21. The molecule has 6 rings (SSSR count). The molecule has 0 unspecified atom stereocenters. The van der Waals surface area contributed by atoms with E-state index in [0.717, 1.165) is 30.5 Å². The second kappa shape index (κ2) is 5.91. The third-order valence-corrected chi connectivity index (χ3v) is 7.30. The summed E-state index contributed by atoms with van der Waals surface area (Å²) in [6.45, 7) is 1.61. The van der Waals surface area contributed by atoms with Gasteiger partial charge in [-0.15, -0.1) is 0 Å². The van der Waals surface area contributed by atoms with Crippen molar-refractivity contribution < 1.29 is 19.1 Å². The minimum atomic E-state index is -0.335. The molecule has 0 spiro atoms. The van der Waals surface area contributed by atoms with Crippen LogP contribution in [0.3, 0.4) is 0 Å². The van der Waals surface area contributed by atoms with Crippen molar-refractivity contribution in [2.75, 3.05) is 11.9 Å². The molecule has 1 aromatic rings. The summed E-state index contributed by atoms with van der Waals surface area (Å²) < 4.78 is 5.54. The van der Waals surface area contributed by atoms with Crippen LogP contribution in [0, 0.1) is 23.2 Å². The Morgan fingerprint density at radius 2 is 1.74 bits per heavy atom. The maximum Gasteiger partial charge on any atom is 0.312 e. The van der Waals surface area contributed by atoms with Crippen molar-refractivity contribution in [3.63, 3.8) is 0 Å². The number of nitrogens with one attached hydrogen (secondary N) is 1. The van der Waals surface area contributed by atoms with Crippen molar-refractivity contribution in [2.45, 2.75) is 51.4 Å². The lowest BCUT2D eigenvalue weighted by Gasteiger charge is -2.55. The number of Topliss-reactive ketones (excluding diaryl/α,β-unsaturated/α-hetero) is 1. The second-order valence-corrected chi connectivity index (χ2v) is 9.21. The molecule has 4 fully saturated rings. The van der Waals surface area contributed by atoms with Crippen LogP contribution in [0.15, 0.2) is 18.2 Å². The number of carbonyl (C=O) groups is 3. The van der Waals surface area contributed by atoms with Gasteiger partial charge in [0, 0.05) is 11.3 Å². The Labute approximate surface area is 158 Å². The molecule has 5 aliphatic rings. The number of ketones is 1. The van der Waals surface area contributed by atoms with Gasteiger partial charge in [-0.05, 0) is 87.0 Å². The highest BCUT2D eigenvalue weighted by atomic mass is 16.5. The lowest BCUT2D eigenvalue weighted by atomic mass is 9.49. The second-order valence-electron chi connectivity index (χ2n) is 9.21. The van der Waals surface area contributed by atoms with Gasteiger partial charge in [-0.25, -0.2) is 0 Å². The van der Waals surface area contributed by atoms with E-state index in [-0.39, 0.29) is 35.6 Å². The summed E-state index contributed by atoms with van der Waals surface area (Å²) in [5.74, 6) is 1.32. The maximum absolute atomic E-state index is 12.9. The van der Waals surface area contributed by atoms with Crippen molar-refractivity contribution in [1.82, 2.24) is 0 Å². The molecule has 27 heavy (non-hydrogen) atoms. The largest absolute Gasteiger partial charge is 0.457 e. The molecule has 1 atom stereocenters. The Morgan fingerprint density at radius 1 is 1.11 bits per heavy atom. The molecular formula is C22H25NO4. The van der Waals surface area contributed by atoms with E-state index in [9.17, 15) is 14.4 Å². The van der Waals surface area contributed by atoms with Gasteiger partial charge in [0.25, 0.3) is 0 Å². The van der Waals surface area contributed by atoms with Crippen LogP contribution in [0.2, 0.25) is 0 Å². The Morgan fingerprint density at radius 3 is 2.37 bits per heavy atom. The van der Waals surface area contributed by atoms with Crippen LogP contribution in [-0.2, 0) is 14.3 Å². The summed E-state index contributed by atoms with van der Waals surface area (Å²) in [7, 11) is 0. The molecule has 4 saturated carbocycles. The quantitative estimate of drug-likeness (QED) is 0.651. The summed E-state index contributed by atoms with van der Waals surface area (Å²) in [5, 5.41) is 2.80. The number of rotatable bonds is 4. The molecule has 0 radical (unpaired) electrons. The van der Waals surface area contributed by atoms with Gasteiger partial charge >= 0.3 is 5.97 Å². The number of ether oxygens (including phenoxy) is 1. The molecule has 142 valence electrons.